The first-order valence-electron chi connectivity index (χ1n) is 8.27. The van der Waals surface area contributed by atoms with E-state index in [9.17, 15) is 13.6 Å². The zero-order valence-electron chi connectivity index (χ0n) is 14.4. The lowest BCUT2D eigenvalue weighted by Gasteiger charge is -2.12. The van der Waals surface area contributed by atoms with Crippen LogP contribution in [0.4, 0.5) is 8.78 Å². The van der Waals surface area contributed by atoms with Crippen molar-refractivity contribution >= 4 is 22.8 Å². The standard InChI is InChI=1S/C20H15F2N3OS/c1-12-9-17-18(23-12)19(26)25(14-5-3-2-4-6-14)20(24-17)27-11-13-7-8-15(21)16(22)10-13/h2-10,23H,11H2,1H3. The number of hydrogen-bond acceptors (Lipinski definition) is 3. The number of nitrogens with one attached hydrogen (secondary N) is 1. The summed E-state index contributed by atoms with van der Waals surface area (Å²) in [6.07, 6.45) is 0. The van der Waals surface area contributed by atoms with E-state index in [0.29, 0.717) is 33.2 Å². The molecule has 27 heavy (non-hydrogen) atoms. The fourth-order valence-electron chi connectivity index (χ4n) is 2.86. The van der Waals surface area contributed by atoms with Gasteiger partial charge in [-0.15, -0.1) is 0 Å². The van der Waals surface area contributed by atoms with E-state index in [1.54, 1.807) is 0 Å². The van der Waals surface area contributed by atoms with E-state index in [1.807, 2.05) is 43.3 Å². The second kappa shape index (κ2) is 7.00. The van der Waals surface area contributed by atoms with Gasteiger partial charge in [-0.1, -0.05) is 36.0 Å². The molecular formula is C20H15F2N3OS. The van der Waals surface area contributed by atoms with Gasteiger partial charge in [0.2, 0.25) is 0 Å². The number of aromatic nitrogens is 3. The molecule has 2 aromatic heterocycles. The molecule has 0 saturated heterocycles. The van der Waals surface area contributed by atoms with E-state index in [0.717, 1.165) is 17.8 Å². The minimum Gasteiger partial charge on any atom is -0.353 e. The summed E-state index contributed by atoms with van der Waals surface area (Å²) >= 11 is 1.30. The van der Waals surface area contributed by atoms with Crippen LogP contribution in [-0.4, -0.2) is 14.5 Å². The quantitative estimate of drug-likeness (QED) is 0.414. The van der Waals surface area contributed by atoms with Gasteiger partial charge in [0.15, 0.2) is 16.8 Å². The largest absolute Gasteiger partial charge is 0.353 e. The molecular weight excluding hydrogens is 368 g/mol. The Morgan fingerprint density at radius 3 is 2.59 bits per heavy atom. The number of nitrogens with zero attached hydrogens (tertiary/aromatic N) is 2. The average Bonchev–Trinajstić information content (AvgIpc) is 3.04. The molecule has 0 unspecified atom stereocenters. The number of rotatable bonds is 4. The van der Waals surface area contributed by atoms with Gasteiger partial charge in [-0.25, -0.2) is 13.8 Å². The van der Waals surface area contributed by atoms with Crippen molar-refractivity contribution in [3.05, 3.63) is 87.8 Å². The summed E-state index contributed by atoms with van der Waals surface area (Å²) in [5.41, 5.74) is 2.96. The van der Waals surface area contributed by atoms with Crippen LogP contribution in [0.5, 0.6) is 0 Å². The maximum atomic E-state index is 13.5. The first-order chi connectivity index (χ1) is 13.0. The minimum atomic E-state index is -0.891. The summed E-state index contributed by atoms with van der Waals surface area (Å²) in [7, 11) is 0. The highest BCUT2D eigenvalue weighted by Gasteiger charge is 2.15. The molecule has 2 aromatic carbocycles. The van der Waals surface area contributed by atoms with Crippen LogP contribution in [0.3, 0.4) is 0 Å². The van der Waals surface area contributed by atoms with Crippen LogP contribution in [0.1, 0.15) is 11.3 Å². The van der Waals surface area contributed by atoms with Crippen molar-refractivity contribution in [2.75, 3.05) is 0 Å². The average molecular weight is 383 g/mol. The Kier molecular flexibility index (Phi) is 4.53. The number of H-pyrrole nitrogens is 1. The van der Waals surface area contributed by atoms with E-state index >= 15 is 0 Å². The molecule has 0 saturated carbocycles. The highest BCUT2D eigenvalue weighted by molar-refractivity contribution is 7.98. The zero-order chi connectivity index (χ0) is 19.0. The predicted molar refractivity (Wildman–Crippen MR) is 102 cm³/mol. The topological polar surface area (TPSA) is 50.7 Å². The molecule has 0 amide bonds. The van der Waals surface area contributed by atoms with E-state index < -0.39 is 11.6 Å². The summed E-state index contributed by atoms with van der Waals surface area (Å²) in [5.74, 6) is -1.42. The molecule has 2 heterocycles. The zero-order valence-corrected chi connectivity index (χ0v) is 15.2. The van der Waals surface area contributed by atoms with E-state index in [-0.39, 0.29) is 5.56 Å². The number of benzene rings is 2. The molecule has 0 atom stereocenters. The van der Waals surface area contributed by atoms with E-state index in [4.69, 9.17) is 0 Å². The Balaban J connectivity index is 1.80. The molecule has 0 radical (unpaired) electrons. The second-order valence-electron chi connectivity index (χ2n) is 6.12. The van der Waals surface area contributed by atoms with Crippen molar-refractivity contribution in [1.29, 1.82) is 0 Å². The molecule has 0 spiro atoms. The van der Waals surface area contributed by atoms with E-state index in [2.05, 4.69) is 9.97 Å². The van der Waals surface area contributed by atoms with Crippen LogP contribution in [0.25, 0.3) is 16.7 Å². The van der Waals surface area contributed by atoms with Gasteiger partial charge in [-0.3, -0.25) is 9.36 Å². The van der Waals surface area contributed by atoms with Gasteiger partial charge in [0.05, 0.1) is 11.2 Å². The van der Waals surface area contributed by atoms with Gasteiger partial charge in [0, 0.05) is 11.4 Å². The van der Waals surface area contributed by atoms with Crippen molar-refractivity contribution in [2.45, 2.75) is 17.8 Å². The third-order valence-corrected chi connectivity index (χ3v) is 5.13. The van der Waals surface area contributed by atoms with Crippen LogP contribution in [0.2, 0.25) is 0 Å². The second-order valence-corrected chi connectivity index (χ2v) is 7.06. The Morgan fingerprint density at radius 1 is 1.07 bits per heavy atom. The van der Waals surface area contributed by atoms with Crippen molar-refractivity contribution in [1.82, 2.24) is 14.5 Å². The van der Waals surface area contributed by atoms with Crippen molar-refractivity contribution in [3.8, 4) is 5.69 Å². The van der Waals surface area contributed by atoms with Crippen molar-refractivity contribution in [2.24, 2.45) is 0 Å². The summed E-state index contributed by atoms with van der Waals surface area (Å²) in [6.45, 7) is 1.86. The Hall–Kier alpha value is -2.93. The SMILES string of the molecule is Cc1cc2nc(SCc3ccc(F)c(F)c3)n(-c3ccccc3)c(=O)c2[nH]1. The lowest BCUT2D eigenvalue weighted by molar-refractivity contribution is 0.507. The molecule has 0 aliphatic heterocycles. The predicted octanol–water partition coefficient (Wildman–Crippen LogP) is 4.59. The molecule has 4 rings (SSSR count). The third kappa shape index (κ3) is 3.38. The van der Waals surface area contributed by atoms with Crippen LogP contribution >= 0.6 is 11.8 Å². The molecule has 0 fully saturated rings. The van der Waals surface area contributed by atoms with Crippen LogP contribution in [0, 0.1) is 18.6 Å². The lowest BCUT2D eigenvalue weighted by Crippen LogP contribution is -2.21. The Bertz CT molecular complexity index is 1190. The van der Waals surface area contributed by atoms with Gasteiger partial charge in [-0.2, -0.15) is 0 Å². The Labute approximate surface area is 157 Å². The van der Waals surface area contributed by atoms with E-state index in [1.165, 1.54) is 22.4 Å². The number of aryl methyl sites for hydroxylation is 1. The molecule has 0 aliphatic carbocycles. The van der Waals surface area contributed by atoms with Crippen LogP contribution in [-0.2, 0) is 5.75 Å². The first kappa shape index (κ1) is 17.5. The summed E-state index contributed by atoms with van der Waals surface area (Å²) in [5, 5.41) is 0.488. The molecule has 4 aromatic rings. The number of thioether (sulfide) groups is 1. The number of aromatic amines is 1. The first-order valence-corrected chi connectivity index (χ1v) is 9.26. The van der Waals surface area contributed by atoms with Gasteiger partial charge < -0.3 is 4.98 Å². The number of fused-ring (bicyclic) bond motifs is 1. The molecule has 4 nitrogen and oxygen atoms in total. The lowest BCUT2D eigenvalue weighted by atomic mass is 10.2. The number of hydrogen-bond donors (Lipinski definition) is 1. The summed E-state index contributed by atoms with van der Waals surface area (Å²) in [6, 6.07) is 14.8. The monoisotopic (exact) mass is 383 g/mol. The van der Waals surface area contributed by atoms with Crippen molar-refractivity contribution in [3.63, 3.8) is 0 Å². The highest BCUT2D eigenvalue weighted by atomic mass is 32.2. The van der Waals surface area contributed by atoms with Crippen LogP contribution in [0.15, 0.2) is 64.5 Å². The molecule has 136 valence electrons. The third-order valence-electron chi connectivity index (χ3n) is 4.12. The fourth-order valence-corrected chi connectivity index (χ4v) is 3.81. The highest BCUT2D eigenvalue weighted by Crippen LogP contribution is 2.25. The van der Waals surface area contributed by atoms with Gasteiger partial charge in [0.1, 0.15) is 5.52 Å². The Morgan fingerprint density at radius 2 is 1.85 bits per heavy atom. The molecule has 0 aliphatic rings. The van der Waals surface area contributed by atoms with Gasteiger partial charge >= 0.3 is 0 Å². The number of halogens is 2. The number of para-hydroxylation sites is 1. The molecule has 7 heteroatoms. The fraction of sp³-hybridized carbons (Fsp3) is 0.100. The van der Waals surface area contributed by atoms with Gasteiger partial charge in [0.25, 0.3) is 5.56 Å². The maximum absolute atomic E-state index is 13.5. The molecule has 1 N–H and O–H groups in total. The van der Waals surface area contributed by atoms with Gasteiger partial charge in [-0.05, 0) is 42.8 Å². The molecule has 0 bridgehead atoms. The van der Waals surface area contributed by atoms with Crippen LogP contribution < -0.4 is 5.56 Å². The summed E-state index contributed by atoms with van der Waals surface area (Å²) < 4.78 is 28.1. The maximum Gasteiger partial charge on any atom is 0.283 e. The summed E-state index contributed by atoms with van der Waals surface area (Å²) in [4.78, 5) is 20.7. The smallest absolute Gasteiger partial charge is 0.283 e. The minimum absolute atomic E-state index is 0.202. The normalized spacial score (nSPS) is 11.2. The van der Waals surface area contributed by atoms with Crippen molar-refractivity contribution < 1.29 is 8.78 Å².